The molecule has 2 aromatic rings. The summed E-state index contributed by atoms with van der Waals surface area (Å²) in [6.45, 7) is 2.36. The quantitative estimate of drug-likeness (QED) is 0.655. The van der Waals surface area contributed by atoms with Crippen LogP contribution in [0.1, 0.15) is 19.0 Å². The normalized spacial score (nSPS) is 12.5. The number of nitrogens with one attached hydrogen (secondary N) is 1. The predicted molar refractivity (Wildman–Crippen MR) is 75.4 cm³/mol. The van der Waals surface area contributed by atoms with Gasteiger partial charge in [-0.2, -0.15) is 0 Å². The molecule has 6 nitrogen and oxygen atoms in total. The number of hydrazine groups is 1. The van der Waals surface area contributed by atoms with E-state index in [4.69, 9.17) is 15.3 Å². The molecule has 1 aromatic carbocycles. The summed E-state index contributed by atoms with van der Waals surface area (Å²) >= 11 is 0. The van der Waals surface area contributed by atoms with Crippen LogP contribution in [0.2, 0.25) is 0 Å². The van der Waals surface area contributed by atoms with E-state index in [1.165, 1.54) is 0 Å². The minimum Gasteiger partial charge on any atom is -0.454 e. The number of rotatable bonds is 4. The summed E-state index contributed by atoms with van der Waals surface area (Å²) in [6, 6.07) is 7.52. The number of aryl methyl sites for hydroxylation is 1. The Labute approximate surface area is 116 Å². The molecule has 0 atom stereocenters. The van der Waals surface area contributed by atoms with Gasteiger partial charge in [-0.1, -0.05) is 13.3 Å². The summed E-state index contributed by atoms with van der Waals surface area (Å²) in [4.78, 5) is 8.95. The maximum Gasteiger partial charge on any atom is 0.231 e. The highest BCUT2D eigenvalue weighted by molar-refractivity contribution is 5.63. The zero-order valence-corrected chi connectivity index (χ0v) is 11.2. The second-order valence-corrected chi connectivity index (χ2v) is 4.53. The van der Waals surface area contributed by atoms with Crippen LogP contribution in [0.15, 0.2) is 24.3 Å². The van der Waals surface area contributed by atoms with Gasteiger partial charge in [-0.25, -0.2) is 15.8 Å². The van der Waals surface area contributed by atoms with Crippen LogP contribution < -0.4 is 20.7 Å². The fourth-order valence-corrected chi connectivity index (χ4v) is 2.12. The minimum atomic E-state index is 0.255. The van der Waals surface area contributed by atoms with Crippen molar-refractivity contribution in [1.29, 1.82) is 0 Å². The highest BCUT2D eigenvalue weighted by Crippen LogP contribution is 2.35. The largest absolute Gasteiger partial charge is 0.454 e. The average Bonchev–Trinajstić information content (AvgIpc) is 2.94. The van der Waals surface area contributed by atoms with E-state index in [9.17, 15) is 0 Å². The molecule has 0 unspecified atom stereocenters. The Hall–Kier alpha value is -2.34. The third-order valence-corrected chi connectivity index (χ3v) is 3.06. The molecule has 2 heterocycles. The number of nitrogen functional groups attached to an aromatic ring is 1. The Balaban J connectivity index is 2.02. The number of benzene rings is 1. The number of fused-ring (bicyclic) bond motifs is 1. The molecule has 0 radical (unpaired) electrons. The van der Waals surface area contributed by atoms with E-state index in [0.717, 1.165) is 29.8 Å². The lowest BCUT2D eigenvalue weighted by molar-refractivity contribution is 0.174. The number of hydrogen-bond donors (Lipinski definition) is 2. The molecular weight excluding hydrogens is 256 g/mol. The Bertz CT molecular complexity index is 631. The van der Waals surface area contributed by atoms with Crippen LogP contribution in [-0.4, -0.2) is 16.8 Å². The topological polar surface area (TPSA) is 82.3 Å². The highest BCUT2D eigenvalue weighted by Gasteiger charge is 2.15. The molecule has 0 fully saturated rings. The Morgan fingerprint density at radius 3 is 2.85 bits per heavy atom. The molecule has 0 bridgehead atoms. The molecule has 20 heavy (non-hydrogen) atoms. The summed E-state index contributed by atoms with van der Waals surface area (Å²) < 4.78 is 10.7. The van der Waals surface area contributed by atoms with Crippen LogP contribution in [0.5, 0.6) is 11.5 Å². The molecule has 0 saturated heterocycles. The molecule has 0 aliphatic carbocycles. The Morgan fingerprint density at radius 2 is 2.05 bits per heavy atom. The highest BCUT2D eigenvalue weighted by atomic mass is 16.7. The van der Waals surface area contributed by atoms with Gasteiger partial charge in [-0.15, -0.1) is 0 Å². The molecule has 0 amide bonds. The maximum absolute atomic E-state index is 5.47. The molecular formula is C14H16N4O2. The first-order valence-corrected chi connectivity index (χ1v) is 6.54. The van der Waals surface area contributed by atoms with Crippen molar-refractivity contribution in [2.75, 3.05) is 12.2 Å². The number of nitrogens with two attached hydrogens (primary N) is 1. The molecule has 0 saturated carbocycles. The summed E-state index contributed by atoms with van der Waals surface area (Å²) in [5, 5.41) is 0. The second kappa shape index (κ2) is 5.34. The van der Waals surface area contributed by atoms with Crippen molar-refractivity contribution in [3.8, 4) is 22.9 Å². The van der Waals surface area contributed by atoms with E-state index in [1.54, 1.807) is 0 Å². The third kappa shape index (κ3) is 2.37. The molecule has 6 heteroatoms. The van der Waals surface area contributed by atoms with E-state index >= 15 is 0 Å². The fourth-order valence-electron chi connectivity index (χ4n) is 2.12. The average molecular weight is 272 g/mol. The number of hydrogen-bond acceptors (Lipinski definition) is 6. The number of ether oxygens (including phenoxy) is 2. The van der Waals surface area contributed by atoms with Gasteiger partial charge in [-0.05, 0) is 24.6 Å². The van der Waals surface area contributed by atoms with Gasteiger partial charge in [0.05, 0.1) is 0 Å². The zero-order chi connectivity index (χ0) is 13.9. The van der Waals surface area contributed by atoms with E-state index < -0.39 is 0 Å². The summed E-state index contributed by atoms with van der Waals surface area (Å²) in [5.74, 6) is 8.16. The third-order valence-electron chi connectivity index (χ3n) is 3.06. The number of aromatic nitrogens is 2. The SMILES string of the molecule is CCCc1cc(NN)nc(-c2ccc3c(c2)OCO3)n1. The van der Waals surface area contributed by atoms with Crippen LogP contribution in [0.25, 0.3) is 11.4 Å². The second-order valence-electron chi connectivity index (χ2n) is 4.53. The molecule has 1 aromatic heterocycles. The van der Waals surface area contributed by atoms with Crippen molar-refractivity contribution in [3.05, 3.63) is 30.0 Å². The number of nitrogens with zero attached hydrogens (tertiary/aromatic N) is 2. The lowest BCUT2D eigenvalue weighted by Gasteiger charge is -2.07. The van der Waals surface area contributed by atoms with Crippen molar-refractivity contribution < 1.29 is 9.47 Å². The van der Waals surface area contributed by atoms with Crippen LogP contribution in [0, 0.1) is 0 Å². The minimum absolute atomic E-state index is 0.255. The molecule has 1 aliphatic heterocycles. The molecule has 104 valence electrons. The van der Waals surface area contributed by atoms with E-state index in [1.807, 2.05) is 24.3 Å². The first-order valence-electron chi connectivity index (χ1n) is 6.54. The van der Waals surface area contributed by atoms with Crippen LogP contribution in [0.4, 0.5) is 5.82 Å². The first kappa shape index (κ1) is 12.7. The monoisotopic (exact) mass is 272 g/mol. The van der Waals surface area contributed by atoms with Gasteiger partial charge in [-0.3, -0.25) is 0 Å². The maximum atomic E-state index is 5.47. The lowest BCUT2D eigenvalue weighted by Crippen LogP contribution is -2.10. The standard InChI is InChI=1S/C14H16N4O2/c1-2-3-10-7-13(18-15)17-14(16-10)9-4-5-11-12(6-9)20-8-19-11/h4-7H,2-3,8,15H2,1H3,(H,16,17,18). The van der Waals surface area contributed by atoms with Crippen molar-refractivity contribution in [1.82, 2.24) is 9.97 Å². The van der Waals surface area contributed by atoms with Crippen LogP contribution >= 0.6 is 0 Å². The molecule has 1 aliphatic rings. The lowest BCUT2D eigenvalue weighted by atomic mass is 10.1. The van der Waals surface area contributed by atoms with E-state index in [2.05, 4.69) is 22.3 Å². The van der Waals surface area contributed by atoms with Crippen molar-refractivity contribution in [3.63, 3.8) is 0 Å². The van der Waals surface area contributed by atoms with Crippen LogP contribution in [0.3, 0.4) is 0 Å². The summed E-state index contributed by atoms with van der Waals surface area (Å²) in [6.07, 6.45) is 1.90. The summed E-state index contributed by atoms with van der Waals surface area (Å²) in [5.41, 5.74) is 4.42. The summed E-state index contributed by atoms with van der Waals surface area (Å²) in [7, 11) is 0. The predicted octanol–water partition coefficient (Wildman–Crippen LogP) is 2.11. The van der Waals surface area contributed by atoms with E-state index in [-0.39, 0.29) is 6.79 Å². The Kier molecular flexibility index (Phi) is 3.39. The van der Waals surface area contributed by atoms with Crippen molar-refractivity contribution in [2.24, 2.45) is 5.84 Å². The van der Waals surface area contributed by atoms with E-state index in [0.29, 0.717) is 17.4 Å². The molecule has 3 rings (SSSR count). The smallest absolute Gasteiger partial charge is 0.231 e. The van der Waals surface area contributed by atoms with Gasteiger partial charge in [0, 0.05) is 17.3 Å². The molecule has 3 N–H and O–H groups in total. The van der Waals surface area contributed by atoms with Gasteiger partial charge in [0.1, 0.15) is 5.82 Å². The number of anilines is 1. The van der Waals surface area contributed by atoms with Gasteiger partial charge in [0.15, 0.2) is 17.3 Å². The van der Waals surface area contributed by atoms with Gasteiger partial charge in [0.2, 0.25) is 6.79 Å². The van der Waals surface area contributed by atoms with Gasteiger partial charge < -0.3 is 14.9 Å². The first-order chi connectivity index (χ1) is 9.80. The van der Waals surface area contributed by atoms with Gasteiger partial charge >= 0.3 is 0 Å². The van der Waals surface area contributed by atoms with Crippen molar-refractivity contribution in [2.45, 2.75) is 19.8 Å². The van der Waals surface area contributed by atoms with Crippen molar-refractivity contribution >= 4 is 5.82 Å². The van der Waals surface area contributed by atoms with Gasteiger partial charge in [0.25, 0.3) is 0 Å². The Morgan fingerprint density at radius 1 is 1.20 bits per heavy atom. The molecule has 0 spiro atoms. The zero-order valence-electron chi connectivity index (χ0n) is 11.2. The van der Waals surface area contributed by atoms with Crippen LogP contribution in [-0.2, 0) is 6.42 Å². The fraction of sp³-hybridized carbons (Fsp3) is 0.286.